The third-order valence-corrected chi connectivity index (χ3v) is 2.96. The number of rotatable bonds is 1. The van der Waals surface area contributed by atoms with Gasteiger partial charge >= 0.3 is 26.2 Å². The Hall–Kier alpha value is -0.167. The van der Waals surface area contributed by atoms with E-state index >= 15 is 0 Å². The summed E-state index contributed by atoms with van der Waals surface area (Å²) in [7, 11) is 0. The summed E-state index contributed by atoms with van der Waals surface area (Å²) in [6.07, 6.45) is 0. The second kappa shape index (κ2) is 12.8. The Morgan fingerprint density at radius 2 is 1.32 bits per heavy atom. The molecule has 0 heterocycles. The average Bonchev–Trinajstić information content (AvgIpc) is 2.91. The number of hydrogen-bond acceptors (Lipinski definition) is 1. The molecule has 2 aromatic rings. The molecule has 3 heteroatoms. The van der Waals surface area contributed by atoms with Gasteiger partial charge in [0.2, 0.25) is 0 Å². The maximum absolute atomic E-state index is 4.69. The van der Waals surface area contributed by atoms with Crippen molar-refractivity contribution in [3.63, 3.8) is 0 Å². The second-order valence-electron chi connectivity index (χ2n) is 4.18. The fourth-order valence-electron chi connectivity index (χ4n) is 1.20. The Labute approximate surface area is 142 Å². The SMILES string of the molecule is CCOCl.Cc1ccc[c-]1C.Cc1ccc[c-]1C.[Zr+2]. The first kappa shape index (κ1) is 21.1. The zero-order valence-electron chi connectivity index (χ0n) is 12.5. The molecule has 2 rings (SSSR count). The van der Waals surface area contributed by atoms with Crippen molar-refractivity contribution in [2.75, 3.05) is 6.61 Å². The van der Waals surface area contributed by atoms with E-state index in [9.17, 15) is 0 Å². The molecule has 2 aromatic carbocycles. The Morgan fingerprint density at radius 3 is 1.37 bits per heavy atom. The van der Waals surface area contributed by atoms with E-state index in [0.29, 0.717) is 6.61 Å². The molecule has 19 heavy (non-hydrogen) atoms. The molecule has 0 aliphatic carbocycles. The summed E-state index contributed by atoms with van der Waals surface area (Å²) in [6.45, 7) is 10.9. The molecule has 1 nitrogen and oxygen atoms in total. The summed E-state index contributed by atoms with van der Waals surface area (Å²) in [6, 6.07) is 12.6. The molecular weight excluding hydrogens is 335 g/mol. The van der Waals surface area contributed by atoms with E-state index in [1.54, 1.807) is 0 Å². The summed E-state index contributed by atoms with van der Waals surface area (Å²) in [5.74, 6) is 0. The molecule has 0 saturated carbocycles. The molecule has 0 atom stereocenters. The van der Waals surface area contributed by atoms with Crippen molar-refractivity contribution in [1.82, 2.24) is 0 Å². The van der Waals surface area contributed by atoms with Crippen LogP contribution in [0.3, 0.4) is 0 Å². The zero-order chi connectivity index (χ0) is 14.0. The van der Waals surface area contributed by atoms with Crippen molar-refractivity contribution in [1.29, 1.82) is 0 Å². The maximum atomic E-state index is 4.69. The summed E-state index contributed by atoms with van der Waals surface area (Å²) in [4.78, 5) is 0. The summed E-state index contributed by atoms with van der Waals surface area (Å²) in [5, 5.41) is 0. The van der Waals surface area contributed by atoms with Gasteiger partial charge in [0.25, 0.3) is 0 Å². The first-order valence-corrected chi connectivity index (χ1v) is 6.45. The molecule has 0 unspecified atom stereocenters. The van der Waals surface area contributed by atoms with E-state index in [1.807, 2.05) is 6.92 Å². The topological polar surface area (TPSA) is 9.23 Å². The second-order valence-corrected chi connectivity index (χ2v) is 4.40. The Morgan fingerprint density at radius 1 is 1.00 bits per heavy atom. The summed E-state index contributed by atoms with van der Waals surface area (Å²) in [5.41, 5.74) is 5.56. The first-order chi connectivity index (χ1) is 8.52. The van der Waals surface area contributed by atoms with Crippen LogP contribution in [0.5, 0.6) is 0 Å². The molecule has 0 N–H and O–H groups in total. The molecule has 104 valence electrons. The Kier molecular flexibility index (Phi) is 14.3. The fourth-order valence-corrected chi connectivity index (χ4v) is 1.20. The quantitative estimate of drug-likeness (QED) is 0.636. The van der Waals surface area contributed by atoms with Gasteiger partial charge in [-0.05, 0) is 6.92 Å². The Balaban J connectivity index is 0. The van der Waals surface area contributed by atoms with Crippen molar-refractivity contribution >= 4 is 11.9 Å². The van der Waals surface area contributed by atoms with Crippen LogP contribution < -0.4 is 0 Å². The van der Waals surface area contributed by atoms with Crippen LogP contribution >= 0.6 is 11.9 Å². The van der Waals surface area contributed by atoms with Crippen LogP contribution in [0, 0.1) is 27.7 Å². The van der Waals surface area contributed by atoms with Gasteiger partial charge in [-0.1, -0.05) is 27.7 Å². The van der Waals surface area contributed by atoms with Gasteiger partial charge in [-0.15, -0.1) is 0 Å². The summed E-state index contributed by atoms with van der Waals surface area (Å²) < 4.78 is 4.01. The van der Waals surface area contributed by atoms with Crippen LogP contribution in [-0.2, 0) is 30.5 Å². The molecule has 0 aliphatic rings. The Bertz CT molecular complexity index is 345. The largest absolute Gasteiger partial charge is 2.00 e. The van der Waals surface area contributed by atoms with Gasteiger partial charge in [0, 0.05) is 0 Å². The number of hydrogen-bond donors (Lipinski definition) is 0. The van der Waals surface area contributed by atoms with Crippen LogP contribution in [0.2, 0.25) is 0 Å². The molecule has 0 radical (unpaired) electrons. The van der Waals surface area contributed by atoms with Crippen molar-refractivity contribution in [3.05, 3.63) is 58.7 Å². The number of aryl methyl sites for hydroxylation is 4. The monoisotopic (exact) mass is 356 g/mol. The molecule has 0 amide bonds. The molecule has 0 spiro atoms. The fraction of sp³-hybridized carbons (Fsp3) is 0.375. The van der Waals surface area contributed by atoms with Gasteiger partial charge in [0.05, 0.1) is 18.5 Å². The van der Waals surface area contributed by atoms with Gasteiger partial charge in [0.1, 0.15) is 0 Å². The third-order valence-electron chi connectivity index (χ3n) is 2.74. The van der Waals surface area contributed by atoms with Crippen molar-refractivity contribution in [3.8, 4) is 0 Å². The molecule has 0 saturated heterocycles. The van der Waals surface area contributed by atoms with Crippen molar-refractivity contribution in [2.24, 2.45) is 0 Å². The molecule has 0 bridgehead atoms. The first-order valence-electron chi connectivity index (χ1n) is 6.14. The van der Waals surface area contributed by atoms with Crippen LogP contribution in [-0.4, -0.2) is 6.61 Å². The van der Waals surface area contributed by atoms with E-state index in [2.05, 4.69) is 80.2 Å². The zero-order valence-corrected chi connectivity index (χ0v) is 15.7. The molecule has 0 aliphatic heterocycles. The van der Waals surface area contributed by atoms with E-state index in [0.717, 1.165) is 0 Å². The van der Waals surface area contributed by atoms with Gasteiger partial charge < -0.3 is 0 Å². The standard InChI is InChI=1S/2C7H9.C2H5ClO.Zr/c2*1-6-4-3-5-7(6)2;1-2-4-3;/h2*3-5H,1-2H3;2H2,1H3;/q2*-1;;+2. The average molecular weight is 358 g/mol. The van der Waals surface area contributed by atoms with E-state index < -0.39 is 0 Å². The number of halogens is 1. The van der Waals surface area contributed by atoms with Crippen LogP contribution in [0.1, 0.15) is 29.2 Å². The maximum Gasteiger partial charge on any atom is 2.00 e. The molecular formula is C16H23ClOZr. The molecule has 0 fully saturated rings. The van der Waals surface area contributed by atoms with Gasteiger partial charge in [-0.25, -0.2) is 24.3 Å². The third kappa shape index (κ3) is 10.3. The predicted octanol–water partition coefficient (Wildman–Crippen LogP) is 5.22. The van der Waals surface area contributed by atoms with Gasteiger partial charge in [-0.3, -0.25) is 4.29 Å². The normalized spacial score (nSPS) is 8.53. The van der Waals surface area contributed by atoms with Crippen molar-refractivity contribution in [2.45, 2.75) is 34.6 Å². The minimum atomic E-state index is 0. The van der Waals surface area contributed by atoms with Gasteiger partial charge in [0.15, 0.2) is 0 Å². The van der Waals surface area contributed by atoms with Crippen molar-refractivity contribution < 1.29 is 30.5 Å². The predicted molar refractivity (Wildman–Crippen MR) is 80.5 cm³/mol. The minimum absolute atomic E-state index is 0. The smallest absolute Gasteiger partial charge is 0.280 e. The van der Waals surface area contributed by atoms with Gasteiger partial charge in [-0.2, -0.15) is 34.4 Å². The van der Waals surface area contributed by atoms with Crippen LogP contribution in [0.15, 0.2) is 36.4 Å². The van der Waals surface area contributed by atoms with Crippen LogP contribution in [0.25, 0.3) is 0 Å². The minimum Gasteiger partial charge on any atom is -0.280 e. The van der Waals surface area contributed by atoms with E-state index in [4.69, 9.17) is 0 Å². The van der Waals surface area contributed by atoms with E-state index in [1.165, 1.54) is 22.3 Å². The summed E-state index contributed by atoms with van der Waals surface area (Å²) >= 11 is 4.69. The van der Waals surface area contributed by atoms with E-state index in [-0.39, 0.29) is 26.2 Å². The molecule has 0 aromatic heterocycles. The van der Waals surface area contributed by atoms with Crippen LogP contribution in [0.4, 0.5) is 0 Å².